The molecule has 0 spiro atoms. The highest BCUT2D eigenvalue weighted by atomic mass is 16.2. The number of rotatable bonds is 5. The van der Waals surface area contributed by atoms with Crippen LogP contribution < -0.4 is 16.2 Å². The summed E-state index contributed by atoms with van der Waals surface area (Å²) in [5, 5.41) is 7.09. The van der Waals surface area contributed by atoms with Gasteiger partial charge in [0.25, 0.3) is 5.56 Å². The number of anilines is 2. The van der Waals surface area contributed by atoms with Crippen LogP contribution in [0.4, 0.5) is 16.2 Å². The van der Waals surface area contributed by atoms with Crippen LogP contribution in [0.5, 0.6) is 0 Å². The van der Waals surface area contributed by atoms with E-state index in [9.17, 15) is 9.59 Å². The molecule has 5 nitrogen and oxygen atoms in total. The summed E-state index contributed by atoms with van der Waals surface area (Å²) >= 11 is 0. The van der Waals surface area contributed by atoms with E-state index in [1.807, 2.05) is 42.5 Å². The monoisotopic (exact) mass is 377 g/mol. The molecule has 146 valence electrons. The van der Waals surface area contributed by atoms with Crippen LogP contribution in [0.25, 0.3) is 10.8 Å². The number of urea groups is 1. The van der Waals surface area contributed by atoms with Crippen LogP contribution in [-0.4, -0.2) is 10.6 Å². The Morgan fingerprint density at radius 3 is 2.18 bits per heavy atom. The molecule has 3 rings (SSSR count). The second-order valence-corrected chi connectivity index (χ2v) is 7.80. The molecule has 0 unspecified atom stereocenters. The largest absolute Gasteiger partial charge is 0.323 e. The van der Waals surface area contributed by atoms with E-state index < -0.39 is 0 Å². The molecule has 0 radical (unpaired) electrons. The van der Waals surface area contributed by atoms with Gasteiger partial charge >= 0.3 is 6.03 Å². The maximum atomic E-state index is 12.7. The Morgan fingerprint density at radius 2 is 1.57 bits per heavy atom. The Morgan fingerprint density at radius 1 is 0.929 bits per heavy atom. The highest BCUT2D eigenvalue weighted by molar-refractivity contribution is 6.05. The van der Waals surface area contributed by atoms with Crippen LogP contribution in [0.2, 0.25) is 0 Å². The maximum absolute atomic E-state index is 12.7. The van der Waals surface area contributed by atoms with Gasteiger partial charge in [0.15, 0.2) is 0 Å². The highest BCUT2D eigenvalue weighted by Crippen LogP contribution is 2.22. The van der Waals surface area contributed by atoms with E-state index >= 15 is 0 Å². The number of amides is 2. The third-order valence-electron chi connectivity index (χ3n) is 4.64. The summed E-state index contributed by atoms with van der Waals surface area (Å²) in [4.78, 5) is 25.3. The number of nitrogens with one attached hydrogen (secondary N) is 2. The molecule has 0 aliphatic carbocycles. The maximum Gasteiger partial charge on any atom is 0.323 e. The van der Waals surface area contributed by atoms with Crippen molar-refractivity contribution in [3.8, 4) is 0 Å². The molecule has 0 saturated carbocycles. The number of pyridine rings is 1. The minimum atomic E-state index is -0.336. The van der Waals surface area contributed by atoms with Crippen molar-refractivity contribution in [2.24, 2.45) is 5.92 Å². The van der Waals surface area contributed by atoms with Gasteiger partial charge in [-0.15, -0.1) is 0 Å². The topological polar surface area (TPSA) is 63.1 Å². The SMILES string of the molecule is CC(C)Cn1cc(NC(=O)Nc2ccc(C(C)C)cc2)c2ccccc2c1=O. The molecule has 0 aliphatic heterocycles. The number of hydrogen-bond donors (Lipinski definition) is 2. The molecule has 0 fully saturated rings. The summed E-state index contributed by atoms with van der Waals surface area (Å²) in [5.74, 6) is 0.760. The third-order valence-corrected chi connectivity index (χ3v) is 4.64. The number of benzene rings is 2. The highest BCUT2D eigenvalue weighted by Gasteiger charge is 2.12. The predicted molar refractivity (Wildman–Crippen MR) is 116 cm³/mol. The number of fused-ring (bicyclic) bond motifs is 1. The van der Waals surface area contributed by atoms with Crippen LogP contribution in [0.3, 0.4) is 0 Å². The molecule has 2 amide bonds. The van der Waals surface area contributed by atoms with Gasteiger partial charge in [-0.05, 0) is 35.6 Å². The molecule has 3 aromatic rings. The van der Waals surface area contributed by atoms with E-state index in [4.69, 9.17) is 0 Å². The van der Waals surface area contributed by atoms with Gasteiger partial charge in [0, 0.05) is 29.2 Å². The standard InChI is InChI=1S/C23H27N3O2/c1-15(2)13-26-14-21(19-7-5-6-8-20(19)22(26)27)25-23(28)24-18-11-9-17(10-12-18)16(3)4/h5-12,14-16H,13H2,1-4H3,(H2,24,25,28). The molecule has 2 aromatic carbocycles. The van der Waals surface area contributed by atoms with Gasteiger partial charge < -0.3 is 15.2 Å². The molecule has 0 aliphatic rings. The van der Waals surface area contributed by atoms with Crippen molar-refractivity contribution < 1.29 is 4.79 Å². The smallest absolute Gasteiger partial charge is 0.313 e. The van der Waals surface area contributed by atoms with E-state index in [2.05, 4.69) is 38.3 Å². The fourth-order valence-electron chi connectivity index (χ4n) is 3.21. The first-order valence-corrected chi connectivity index (χ1v) is 9.65. The summed E-state index contributed by atoms with van der Waals surface area (Å²) in [6.45, 7) is 8.97. The van der Waals surface area contributed by atoms with Crippen molar-refractivity contribution in [3.05, 3.63) is 70.6 Å². The summed E-state index contributed by atoms with van der Waals surface area (Å²) in [6.07, 6.45) is 1.73. The zero-order valence-corrected chi connectivity index (χ0v) is 16.8. The van der Waals surface area contributed by atoms with Crippen LogP contribution in [0.15, 0.2) is 59.5 Å². The Balaban J connectivity index is 1.87. The normalized spacial score (nSPS) is 11.2. The minimum Gasteiger partial charge on any atom is -0.313 e. The Hall–Kier alpha value is -3.08. The first-order chi connectivity index (χ1) is 13.3. The lowest BCUT2D eigenvalue weighted by Crippen LogP contribution is -2.25. The second kappa shape index (κ2) is 8.30. The molecule has 5 heteroatoms. The number of carbonyl (C=O) groups excluding carboxylic acids is 1. The van der Waals surface area contributed by atoms with Crippen molar-refractivity contribution in [2.45, 2.75) is 40.2 Å². The zero-order valence-electron chi connectivity index (χ0n) is 16.8. The number of nitrogens with zero attached hydrogens (tertiary/aromatic N) is 1. The Labute approximate surface area is 165 Å². The van der Waals surface area contributed by atoms with Gasteiger partial charge in [0.1, 0.15) is 0 Å². The number of hydrogen-bond acceptors (Lipinski definition) is 2. The molecule has 2 N–H and O–H groups in total. The fourth-order valence-corrected chi connectivity index (χ4v) is 3.21. The third kappa shape index (κ3) is 4.42. The van der Waals surface area contributed by atoms with Crippen LogP contribution in [0, 0.1) is 5.92 Å². The van der Waals surface area contributed by atoms with Gasteiger partial charge in [0.05, 0.1) is 5.69 Å². The van der Waals surface area contributed by atoms with Gasteiger partial charge in [-0.3, -0.25) is 4.79 Å². The lowest BCUT2D eigenvalue weighted by atomic mass is 10.0. The number of carbonyl (C=O) groups is 1. The molecule has 0 saturated heterocycles. The average molecular weight is 377 g/mol. The quantitative estimate of drug-likeness (QED) is 0.623. The lowest BCUT2D eigenvalue weighted by molar-refractivity contribution is 0.262. The summed E-state index contributed by atoms with van der Waals surface area (Å²) in [5.41, 5.74) is 2.52. The Kier molecular flexibility index (Phi) is 5.83. The predicted octanol–water partition coefficient (Wildman–Crippen LogP) is 5.42. The van der Waals surface area contributed by atoms with Crippen molar-refractivity contribution in [2.75, 3.05) is 10.6 Å². The molecule has 1 heterocycles. The van der Waals surface area contributed by atoms with Gasteiger partial charge in [-0.1, -0.05) is 58.0 Å². The average Bonchev–Trinajstić information content (AvgIpc) is 2.65. The summed E-state index contributed by atoms with van der Waals surface area (Å²) in [7, 11) is 0. The first-order valence-electron chi connectivity index (χ1n) is 9.65. The lowest BCUT2D eigenvalue weighted by Gasteiger charge is -2.15. The van der Waals surface area contributed by atoms with Crippen molar-refractivity contribution >= 4 is 28.2 Å². The van der Waals surface area contributed by atoms with Gasteiger partial charge in [0.2, 0.25) is 0 Å². The van der Waals surface area contributed by atoms with Crippen molar-refractivity contribution in [1.82, 2.24) is 4.57 Å². The van der Waals surface area contributed by atoms with Crippen LogP contribution in [-0.2, 0) is 6.54 Å². The van der Waals surface area contributed by atoms with E-state index in [-0.39, 0.29) is 11.6 Å². The number of aromatic nitrogens is 1. The van der Waals surface area contributed by atoms with E-state index in [0.29, 0.717) is 29.5 Å². The summed E-state index contributed by atoms with van der Waals surface area (Å²) < 4.78 is 1.67. The van der Waals surface area contributed by atoms with E-state index in [1.165, 1.54) is 5.56 Å². The molecular formula is C23H27N3O2. The van der Waals surface area contributed by atoms with Crippen LogP contribution >= 0.6 is 0 Å². The van der Waals surface area contributed by atoms with E-state index in [0.717, 1.165) is 11.1 Å². The van der Waals surface area contributed by atoms with Gasteiger partial charge in [-0.2, -0.15) is 0 Å². The molecule has 1 aromatic heterocycles. The zero-order chi connectivity index (χ0) is 20.3. The van der Waals surface area contributed by atoms with Crippen molar-refractivity contribution in [3.63, 3.8) is 0 Å². The fraction of sp³-hybridized carbons (Fsp3) is 0.304. The van der Waals surface area contributed by atoms with Gasteiger partial charge in [-0.25, -0.2) is 4.79 Å². The molecular weight excluding hydrogens is 350 g/mol. The van der Waals surface area contributed by atoms with E-state index in [1.54, 1.807) is 16.8 Å². The Bertz CT molecular complexity index is 1030. The molecule has 28 heavy (non-hydrogen) atoms. The minimum absolute atomic E-state index is 0.0421. The molecule has 0 bridgehead atoms. The second-order valence-electron chi connectivity index (χ2n) is 7.80. The first kappa shape index (κ1) is 19.7. The molecule has 0 atom stereocenters. The van der Waals surface area contributed by atoms with Crippen LogP contribution in [0.1, 0.15) is 39.2 Å². The summed E-state index contributed by atoms with van der Waals surface area (Å²) in [6, 6.07) is 14.8. The van der Waals surface area contributed by atoms with Crippen molar-refractivity contribution in [1.29, 1.82) is 0 Å².